The van der Waals surface area contributed by atoms with Gasteiger partial charge in [-0.3, -0.25) is 9.69 Å². The minimum Gasteiger partial charge on any atom is -0.355 e. The van der Waals surface area contributed by atoms with Crippen LogP contribution in [-0.2, 0) is 18.6 Å². The van der Waals surface area contributed by atoms with E-state index in [1.165, 1.54) is 16.5 Å². The van der Waals surface area contributed by atoms with Gasteiger partial charge in [-0.1, -0.05) is 60.7 Å². The molecule has 0 saturated heterocycles. The summed E-state index contributed by atoms with van der Waals surface area (Å²) >= 11 is 0. The van der Waals surface area contributed by atoms with Gasteiger partial charge in [0.25, 0.3) is 0 Å². The van der Waals surface area contributed by atoms with Gasteiger partial charge in [-0.05, 0) is 35.7 Å². The average molecular weight is 379 g/mol. The number of aromatic amines is 1. The summed E-state index contributed by atoms with van der Waals surface area (Å²) < 4.78 is 0. The van der Waals surface area contributed by atoms with Gasteiger partial charge in [-0.25, -0.2) is 0 Å². The molecule has 0 saturated carbocycles. The van der Waals surface area contributed by atoms with Gasteiger partial charge in [-0.15, -0.1) is 0 Å². The van der Waals surface area contributed by atoms with E-state index in [2.05, 4.69) is 57.7 Å². The smallest absolute Gasteiger partial charge is 0.211 e. The monoisotopic (exact) mass is 379 g/mol. The second-order valence-corrected chi connectivity index (χ2v) is 7.89. The molecule has 0 radical (unpaired) electrons. The third-order valence-electron chi connectivity index (χ3n) is 6.31. The van der Waals surface area contributed by atoms with Gasteiger partial charge in [0.1, 0.15) is 0 Å². The Hall–Kier alpha value is -3.37. The van der Waals surface area contributed by atoms with Crippen molar-refractivity contribution in [2.45, 2.75) is 18.6 Å². The van der Waals surface area contributed by atoms with Crippen LogP contribution in [0.25, 0.3) is 10.9 Å². The average Bonchev–Trinajstić information content (AvgIpc) is 3.28. The number of benzene rings is 3. The first-order chi connectivity index (χ1) is 14.3. The Labute approximate surface area is 169 Å². The van der Waals surface area contributed by atoms with Crippen molar-refractivity contribution in [1.82, 2.24) is 9.88 Å². The zero-order chi connectivity index (χ0) is 19.4. The number of ketones is 1. The van der Waals surface area contributed by atoms with E-state index in [1.54, 1.807) is 0 Å². The van der Waals surface area contributed by atoms with Gasteiger partial charge >= 0.3 is 0 Å². The number of nitrogens with zero attached hydrogens (tertiary/aromatic N) is 1. The Balaban J connectivity index is 1.57. The highest BCUT2D eigenvalue weighted by molar-refractivity contribution is 6.14. The quantitative estimate of drug-likeness (QED) is 0.531. The zero-order valence-electron chi connectivity index (χ0n) is 16.0. The summed E-state index contributed by atoms with van der Waals surface area (Å²) in [5, 5.41) is 4.85. The summed E-state index contributed by atoms with van der Waals surface area (Å²) in [5.74, 6) is 0.122. The van der Waals surface area contributed by atoms with Crippen molar-refractivity contribution in [2.75, 3.05) is 11.9 Å². The fraction of sp³-hybridized carbons (Fsp3) is 0.160. The summed E-state index contributed by atoms with van der Waals surface area (Å²) in [6, 6.07) is 26.6. The van der Waals surface area contributed by atoms with Gasteiger partial charge in [-0.2, -0.15) is 0 Å². The molecule has 2 aliphatic heterocycles. The topological polar surface area (TPSA) is 48.1 Å². The number of aromatic nitrogens is 1. The van der Waals surface area contributed by atoms with E-state index in [4.69, 9.17) is 0 Å². The molecule has 3 aromatic carbocycles. The highest BCUT2D eigenvalue weighted by Gasteiger charge is 2.55. The number of nitrogens with one attached hydrogen (secondary N) is 2. The van der Waals surface area contributed by atoms with Gasteiger partial charge in [0, 0.05) is 35.2 Å². The number of carbonyl (C=O) groups is 1. The fourth-order valence-corrected chi connectivity index (χ4v) is 4.98. The number of rotatable bonds is 2. The molecule has 0 aliphatic carbocycles. The van der Waals surface area contributed by atoms with E-state index in [-0.39, 0.29) is 5.78 Å². The number of Topliss-reactive ketones (excluding diaryl/α,β-unsaturated/α-hetero) is 1. The summed E-state index contributed by atoms with van der Waals surface area (Å²) in [6.07, 6.45) is 0.916. The third-order valence-corrected chi connectivity index (χ3v) is 6.31. The highest BCUT2D eigenvalue weighted by Crippen LogP contribution is 2.46. The lowest BCUT2D eigenvalue weighted by atomic mass is 9.88. The van der Waals surface area contributed by atoms with Crippen LogP contribution in [0, 0.1) is 0 Å². The number of para-hydroxylation sites is 2. The van der Waals surface area contributed by atoms with Crippen molar-refractivity contribution in [3.05, 3.63) is 101 Å². The van der Waals surface area contributed by atoms with E-state index < -0.39 is 5.66 Å². The van der Waals surface area contributed by atoms with Crippen molar-refractivity contribution in [2.24, 2.45) is 0 Å². The molecule has 4 heteroatoms. The van der Waals surface area contributed by atoms with Gasteiger partial charge in [0.15, 0.2) is 5.66 Å². The molecule has 3 heterocycles. The molecule has 6 rings (SSSR count). The summed E-state index contributed by atoms with van der Waals surface area (Å²) in [6.45, 7) is 1.53. The molecule has 4 nitrogen and oxygen atoms in total. The molecular formula is C25H21N3O. The molecule has 1 unspecified atom stereocenters. The van der Waals surface area contributed by atoms with Crippen molar-refractivity contribution in [1.29, 1.82) is 0 Å². The molecule has 0 bridgehead atoms. The third kappa shape index (κ3) is 2.26. The molecule has 0 amide bonds. The molecule has 4 aromatic rings. The van der Waals surface area contributed by atoms with E-state index in [9.17, 15) is 4.79 Å². The SMILES string of the molecule is O=C1c2ccccc2NC12c1[nH]c3ccccc3c1CCN2Cc1ccccc1. The Morgan fingerprint density at radius 1 is 0.897 bits per heavy atom. The molecule has 1 spiro atoms. The first kappa shape index (κ1) is 16.6. The predicted molar refractivity (Wildman–Crippen MR) is 115 cm³/mol. The lowest BCUT2D eigenvalue weighted by Gasteiger charge is -2.43. The maximum atomic E-state index is 13.9. The highest BCUT2D eigenvalue weighted by atomic mass is 16.1. The van der Waals surface area contributed by atoms with Crippen LogP contribution in [0.5, 0.6) is 0 Å². The molecular weight excluding hydrogens is 358 g/mol. The number of fused-ring (bicyclic) bond motifs is 5. The first-order valence-corrected chi connectivity index (χ1v) is 10.1. The number of hydrogen-bond acceptors (Lipinski definition) is 3. The van der Waals surface area contributed by atoms with Crippen LogP contribution in [-0.4, -0.2) is 22.2 Å². The van der Waals surface area contributed by atoms with E-state index in [0.29, 0.717) is 6.54 Å². The van der Waals surface area contributed by atoms with Crippen LogP contribution in [0.15, 0.2) is 78.9 Å². The van der Waals surface area contributed by atoms with Crippen LogP contribution in [0.1, 0.15) is 27.2 Å². The van der Waals surface area contributed by atoms with E-state index in [0.717, 1.165) is 35.4 Å². The summed E-state index contributed by atoms with van der Waals surface area (Å²) in [4.78, 5) is 19.8. The van der Waals surface area contributed by atoms with E-state index in [1.807, 2.05) is 36.4 Å². The van der Waals surface area contributed by atoms with Gasteiger partial charge < -0.3 is 10.3 Å². The molecule has 1 aromatic heterocycles. The largest absolute Gasteiger partial charge is 0.355 e. The Bertz CT molecular complexity index is 1240. The summed E-state index contributed by atoms with van der Waals surface area (Å²) in [7, 11) is 0. The number of hydrogen-bond donors (Lipinski definition) is 2. The molecule has 142 valence electrons. The minimum atomic E-state index is -0.897. The van der Waals surface area contributed by atoms with Gasteiger partial charge in [0.2, 0.25) is 5.78 Å². The van der Waals surface area contributed by atoms with Crippen LogP contribution in [0.2, 0.25) is 0 Å². The standard InChI is InChI=1S/C25H21N3O/c29-24-20-11-5-7-13-22(20)27-25(24)23-19(18-10-4-6-12-21(18)26-23)14-15-28(25)16-17-8-2-1-3-9-17/h1-13,26-27H,14-16H2. The van der Waals surface area contributed by atoms with Crippen molar-refractivity contribution >= 4 is 22.4 Å². The number of anilines is 1. The van der Waals surface area contributed by atoms with E-state index >= 15 is 0 Å². The maximum Gasteiger partial charge on any atom is 0.211 e. The molecule has 0 fully saturated rings. The lowest BCUT2D eigenvalue weighted by molar-refractivity contribution is 0.0564. The minimum absolute atomic E-state index is 0.122. The molecule has 29 heavy (non-hydrogen) atoms. The first-order valence-electron chi connectivity index (χ1n) is 10.1. The van der Waals surface area contributed by atoms with Gasteiger partial charge in [0.05, 0.1) is 5.69 Å². The Kier molecular flexibility index (Phi) is 3.46. The normalized spacial score (nSPS) is 20.6. The predicted octanol–water partition coefficient (Wildman–Crippen LogP) is 4.69. The molecule has 2 N–H and O–H groups in total. The van der Waals surface area contributed by atoms with Crippen LogP contribution in [0.3, 0.4) is 0 Å². The summed E-state index contributed by atoms with van der Waals surface area (Å²) in [5.41, 5.74) is 5.30. The zero-order valence-corrected chi connectivity index (χ0v) is 16.0. The Morgan fingerprint density at radius 2 is 1.66 bits per heavy atom. The maximum absolute atomic E-state index is 13.9. The van der Waals surface area contributed by atoms with Crippen LogP contribution < -0.4 is 5.32 Å². The van der Waals surface area contributed by atoms with Crippen molar-refractivity contribution < 1.29 is 4.79 Å². The molecule has 2 aliphatic rings. The fourth-order valence-electron chi connectivity index (χ4n) is 4.98. The van der Waals surface area contributed by atoms with Crippen molar-refractivity contribution in [3.63, 3.8) is 0 Å². The number of carbonyl (C=O) groups excluding carboxylic acids is 1. The molecule has 1 atom stereocenters. The van der Waals surface area contributed by atoms with Crippen molar-refractivity contribution in [3.8, 4) is 0 Å². The second-order valence-electron chi connectivity index (χ2n) is 7.89. The van der Waals surface area contributed by atoms with Crippen LogP contribution in [0.4, 0.5) is 5.69 Å². The van der Waals surface area contributed by atoms with Crippen LogP contribution >= 0.6 is 0 Å². The number of H-pyrrole nitrogens is 1. The Morgan fingerprint density at radius 3 is 2.52 bits per heavy atom. The second kappa shape index (κ2) is 6.06. The lowest BCUT2D eigenvalue weighted by Crippen LogP contribution is -2.57.